The van der Waals surface area contributed by atoms with Crippen LogP contribution in [0.3, 0.4) is 0 Å². The first-order valence-electron chi connectivity index (χ1n) is 6.44. The van der Waals surface area contributed by atoms with Gasteiger partial charge in [0.15, 0.2) is 0 Å². The van der Waals surface area contributed by atoms with Gasteiger partial charge in [-0.3, -0.25) is 0 Å². The highest BCUT2D eigenvalue weighted by atomic mass is 16.3. The van der Waals surface area contributed by atoms with E-state index < -0.39 is 0 Å². The quantitative estimate of drug-likeness (QED) is 0.788. The number of hydrogen-bond acceptors (Lipinski definition) is 3. The van der Waals surface area contributed by atoms with Crippen molar-refractivity contribution in [2.45, 2.75) is 26.7 Å². The number of aryl methyl sites for hydroxylation is 1. The van der Waals surface area contributed by atoms with Gasteiger partial charge in [0.1, 0.15) is 17.2 Å². The molecule has 0 heterocycles. The van der Waals surface area contributed by atoms with Crippen molar-refractivity contribution in [1.29, 1.82) is 0 Å². The molecule has 0 aliphatic carbocycles. The number of phenols is 3. The molecule has 0 bridgehead atoms. The molecule has 0 unspecified atom stereocenters. The second kappa shape index (κ2) is 5.22. The highest BCUT2D eigenvalue weighted by molar-refractivity contribution is 5.79. The van der Waals surface area contributed by atoms with Gasteiger partial charge in [-0.25, -0.2) is 0 Å². The van der Waals surface area contributed by atoms with E-state index in [0.717, 1.165) is 12.0 Å². The summed E-state index contributed by atoms with van der Waals surface area (Å²) >= 11 is 0. The summed E-state index contributed by atoms with van der Waals surface area (Å²) in [6.45, 7) is 3.91. The Morgan fingerprint density at radius 2 is 1.47 bits per heavy atom. The van der Waals surface area contributed by atoms with Gasteiger partial charge in [-0.15, -0.1) is 0 Å². The molecular weight excluding hydrogens is 240 g/mol. The van der Waals surface area contributed by atoms with Gasteiger partial charge < -0.3 is 15.3 Å². The highest BCUT2D eigenvalue weighted by Crippen LogP contribution is 2.44. The zero-order chi connectivity index (χ0) is 14.0. The molecule has 0 aromatic heterocycles. The minimum absolute atomic E-state index is 0.0516. The van der Waals surface area contributed by atoms with Gasteiger partial charge in [0.2, 0.25) is 0 Å². The molecule has 0 fully saturated rings. The summed E-state index contributed by atoms with van der Waals surface area (Å²) < 4.78 is 0. The van der Waals surface area contributed by atoms with Crippen LogP contribution in [0.5, 0.6) is 17.2 Å². The third-order valence-electron chi connectivity index (χ3n) is 3.37. The summed E-state index contributed by atoms with van der Waals surface area (Å²) in [5.74, 6) is -0.243. The molecule has 0 saturated carbocycles. The van der Waals surface area contributed by atoms with Gasteiger partial charge >= 0.3 is 0 Å². The standard InChI is InChI=1S/C16H18O3/c1-3-10-5-7-11(8-6-10)15-14(18)9-13(17)12(4-2)16(15)19/h5-9,17-19H,3-4H2,1-2H3. The molecule has 3 nitrogen and oxygen atoms in total. The maximum Gasteiger partial charge on any atom is 0.134 e. The first-order valence-corrected chi connectivity index (χ1v) is 6.44. The molecule has 3 heteroatoms. The Kier molecular flexibility index (Phi) is 3.65. The van der Waals surface area contributed by atoms with Crippen LogP contribution in [-0.2, 0) is 12.8 Å². The van der Waals surface area contributed by atoms with Gasteiger partial charge in [-0.1, -0.05) is 38.1 Å². The SMILES string of the molecule is CCc1ccc(-c2c(O)cc(O)c(CC)c2O)cc1. The molecule has 0 amide bonds. The van der Waals surface area contributed by atoms with Crippen molar-refractivity contribution in [2.24, 2.45) is 0 Å². The fourth-order valence-corrected chi connectivity index (χ4v) is 2.22. The van der Waals surface area contributed by atoms with Crippen molar-refractivity contribution >= 4 is 0 Å². The van der Waals surface area contributed by atoms with Crippen molar-refractivity contribution in [3.05, 3.63) is 41.5 Å². The van der Waals surface area contributed by atoms with E-state index in [1.54, 1.807) is 0 Å². The molecule has 2 rings (SSSR count). The lowest BCUT2D eigenvalue weighted by Gasteiger charge is -2.13. The molecule has 0 radical (unpaired) electrons. The summed E-state index contributed by atoms with van der Waals surface area (Å²) in [7, 11) is 0. The summed E-state index contributed by atoms with van der Waals surface area (Å²) in [5, 5.41) is 29.9. The normalized spacial score (nSPS) is 10.6. The largest absolute Gasteiger partial charge is 0.507 e. The first kappa shape index (κ1) is 13.3. The van der Waals surface area contributed by atoms with E-state index in [1.165, 1.54) is 11.6 Å². The Morgan fingerprint density at radius 3 is 2.00 bits per heavy atom. The summed E-state index contributed by atoms with van der Waals surface area (Å²) in [5.41, 5.74) is 2.75. The van der Waals surface area contributed by atoms with E-state index in [0.29, 0.717) is 17.5 Å². The van der Waals surface area contributed by atoms with Crippen LogP contribution < -0.4 is 0 Å². The molecular formula is C16H18O3. The summed E-state index contributed by atoms with van der Waals surface area (Å²) in [6, 6.07) is 8.94. The molecule has 100 valence electrons. The van der Waals surface area contributed by atoms with Crippen molar-refractivity contribution in [1.82, 2.24) is 0 Å². The number of hydrogen-bond donors (Lipinski definition) is 3. The van der Waals surface area contributed by atoms with Crippen molar-refractivity contribution in [2.75, 3.05) is 0 Å². The average molecular weight is 258 g/mol. The van der Waals surface area contributed by atoms with Crippen LogP contribution in [0.1, 0.15) is 25.0 Å². The van der Waals surface area contributed by atoms with Crippen molar-refractivity contribution in [3.63, 3.8) is 0 Å². The molecule has 0 aliphatic rings. The maximum atomic E-state index is 10.2. The molecule has 19 heavy (non-hydrogen) atoms. The van der Waals surface area contributed by atoms with Crippen molar-refractivity contribution < 1.29 is 15.3 Å². The molecule has 0 atom stereocenters. The van der Waals surface area contributed by atoms with Crippen LogP contribution in [0.15, 0.2) is 30.3 Å². The molecule has 3 N–H and O–H groups in total. The Balaban J connectivity index is 2.60. The van der Waals surface area contributed by atoms with Crippen molar-refractivity contribution in [3.8, 4) is 28.4 Å². The fourth-order valence-electron chi connectivity index (χ4n) is 2.22. The van der Waals surface area contributed by atoms with Gasteiger partial charge in [-0.05, 0) is 24.0 Å². The molecule has 2 aromatic rings. The second-order valence-corrected chi connectivity index (χ2v) is 4.52. The smallest absolute Gasteiger partial charge is 0.134 e. The van der Waals surface area contributed by atoms with Gasteiger partial charge in [-0.2, -0.15) is 0 Å². The average Bonchev–Trinajstić information content (AvgIpc) is 2.39. The topological polar surface area (TPSA) is 60.7 Å². The van der Waals surface area contributed by atoms with Gasteiger partial charge in [0, 0.05) is 11.6 Å². The Morgan fingerprint density at radius 1 is 0.842 bits per heavy atom. The molecule has 2 aromatic carbocycles. The minimum Gasteiger partial charge on any atom is -0.507 e. The third-order valence-corrected chi connectivity index (χ3v) is 3.37. The van der Waals surface area contributed by atoms with Crippen LogP contribution in [0, 0.1) is 0 Å². The van der Waals surface area contributed by atoms with E-state index in [4.69, 9.17) is 0 Å². The molecule has 0 spiro atoms. The van der Waals surface area contributed by atoms with Gasteiger partial charge in [0.25, 0.3) is 0 Å². The van der Waals surface area contributed by atoms with E-state index in [9.17, 15) is 15.3 Å². The lowest BCUT2D eigenvalue weighted by molar-refractivity contribution is 0.422. The van der Waals surface area contributed by atoms with Crippen LogP contribution in [-0.4, -0.2) is 15.3 Å². The Bertz CT molecular complexity index is 586. The fraction of sp³-hybridized carbons (Fsp3) is 0.250. The zero-order valence-corrected chi connectivity index (χ0v) is 11.1. The monoisotopic (exact) mass is 258 g/mol. The zero-order valence-electron chi connectivity index (χ0n) is 11.1. The highest BCUT2D eigenvalue weighted by Gasteiger charge is 2.17. The summed E-state index contributed by atoms with van der Waals surface area (Å²) in [6.07, 6.45) is 1.44. The van der Waals surface area contributed by atoms with Crippen LogP contribution in [0.2, 0.25) is 0 Å². The van der Waals surface area contributed by atoms with Gasteiger partial charge in [0.05, 0.1) is 5.56 Å². The van der Waals surface area contributed by atoms with Crippen LogP contribution in [0.25, 0.3) is 11.1 Å². The second-order valence-electron chi connectivity index (χ2n) is 4.52. The van der Waals surface area contributed by atoms with E-state index in [1.807, 2.05) is 31.2 Å². The van der Waals surface area contributed by atoms with Crippen LogP contribution >= 0.6 is 0 Å². The number of phenolic OH excluding ortho intramolecular Hbond substituents is 3. The molecule has 0 aliphatic heterocycles. The summed E-state index contributed by atoms with van der Waals surface area (Å²) in [4.78, 5) is 0. The first-order chi connectivity index (χ1) is 9.08. The molecule has 0 saturated heterocycles. The Labute approximate surface area is 112 Å². The number of aromatic hydroxyl groups is 3. The van der Waals surface area contributed by atoms with E-state index >= 15 is 0 Å². The lowest BCUT2D eigenvalue weighted by Crippen LogP contribution is -1.89. The minimum atomic E-state index is -0.114. The van der Waals surface area contributed by atoms with Crippen LogP contribution in [0.4, 0.5) is 0 Å². The maximum absolute atomic E-state index is 10.2. The van der Waals surface area contributed by atoms with E-state index in [-0.39, 0.29) is 17.2 Å². The number of benzene rings is 2. The predicted molar refractivity (Wildman–Crippen MR) is 75.6 cm³/mol. The van der Waals surface area contributed by atoms with E-state index in [2.05, 4.69) is 6.92 Å². The Hall–Kier alpha value is -2.16. The lowest BCUT2D eigenvalue weighted by atomic mass is 9.97. The predicted octanol–water partition coefficient (Wildman–Crippen LogP) is 3.60. The number of rotatable bonds is 3. The third kappa shape index (κ3) is 2.36.